The molecule has 0 aromatic carbocycles. The summed E-state index contributed by atoms with van der Waals surface area (Å²) in [4.78, 5) is 23.1. The largest absolute Gasteiger partial charge is 0.463 e. The minimum Gasteiger partial charge on any atom is -0.463 e. The average Bonchev–Trinajstić information content (AvgIpc) is 2.81. The van der Waals surface area contributed by atoms with Crippen LogP contribution in [0.4, 0.5) is 0 Å². The lowest BCUT2D eigenvalue weighted by Crippen LogP contribution is -2.62. The van der Waals surface area contributed by atoms with Crippen LogP contribution in [0.5, 0.6) is 0 Å². The van der Waals surface area contributed by atoms with Gasteiger partial charge in [-0.25, -0.2) is 0 Å². The Kier molecular flexibility index (Phi) is 12.7. The predicted octanol–water partition coefficient (Wildman–Crippen LogP) is 4.92. The van der Waals surface area contributed by atoms with Gasteiger partial charge >= 0.3 is 11.9 Å². The van der Waals surface area contributed by atoms with E-state index in [0.717, 1.165) is 44.9 Å². The molecule has 1 saturated heterocycles. The zero-order valence-corrected chi connectivity index (χ0v) is 24.2. The Morgan fingerprint density at radius 2 is 1.50 bits per heavy atom. The Morgan fingerprint density at radius 3 is 2.08 bits per heavy atom. The summed E-state index contributed by atoms with van der Waals surface area (Å²) in [7, 11) is 0. The van der Waals surface area contributed by atoms with Crippen molar-refractivity contribution in [3.05, 3.63) is 34.9 Å². The molecule has 1 fully saturated rings. The molecule has 0 bridgehead atoms. The zero-order chi connectivity index (χ0) is 28.5. The molecule has 8 heteroatoms. The van der Waals surface area contributed by atoms with Crippen LogP contribution in [0, 0.1) is 5.92 Å². The van der Waals surface area contributed by atoms with Crippen molar-refractivity contribution < 1.29 is 38.7 Å². The van der Waals surface area contributed by atoms with Crippen LogP contribution in [-0.2, 0) is 28.5 Å². The molecule has 0 radical (unpaired) electrons. The van der Waals surface area contributed by atoms with Crippen LogP contribution in [0.3, 0.4) is 0 Å². The first kappa shape index (κ1) is 32.2. The van der Waals surface area contributed by atoms with Gasteiger partial charge in [-0.1, -0.05) is 34.9 Å². The predicted molar refractivity (Wildman–Crippen MR) is 145 cm³/mol. The van der Waals surface area contributed by atoms with Gasteiger partial charge in [0.2, 0.25) is 0 Å². The van der Waals surface area contributed by atoms with E-state index >= 15 is 0 Å². The number of carbonyl (C=O) groups excluding carboxylic acids is 2. The van der Waals surface area contributed by atoms with E-state index in [1.807, 2.05) is 13.8 Å². The summed E-state index contributed by atoms with van der Waals surface area (Å²) < 4.78 is 22.6. The van der Waals surface area contributed by atoms with E-state index in [4.69, 9.17) is 18.9 Å². The van der Waals surface area contributed by atoms with E-state index < -0.39 is 48.2 Å². The van der Waals surface area contributed by atoms with E-state index in [1.54, 1.807) is 0 Å². The van der Waals surface area contributed by atoms with Crippen LogP contribution in [0.1, 0.15) is 93.4 Å². The Hall–Kier alpha value is -2.00. The second kappa shape index (κ2) is 15.0. The summed E-state index contributed by atoms with van der Waals surface area (Å²) >= 11 is 0. The maximum atomic E-state index is 11.7. The lowest BCUT2D eigenvalue weighted by Gasteiger charge is -2.45. The molecule has 1 heterocycles. The van der Waals surface area contributed by atoms with E-state index in [9.17, 15) is 19.8 Å². The fourth-order valence-corrected chi connectivity index (χ4v) is 4.96. The molecule has 6 atom stereocenters. The number of aliphatic hydroxyl groups excluding tert-OH is 2. The highest BCUT2D eigenvalue weighted by molar-refractivity contribution is 5.66. The minimum absolute atomic E-state index is 0.0998. The summed E-state index contributed by atoms with van der Waals surface area (Å²) in [6.07, 6.45) is 7.32. The SMILES string of the molecule is CC(=O)OCC1OC(OC(C)(C)[C@@H]2C/C=C(\C)CC/C=C(\C)CC/C=C(\C)CC2)C(O)C(OC(C)=O)C1O. The molecule has 1 aliphatic carbocycles. The Bertz CT molecular complexity index is 887. The Morgan fingerprint density at radius 1 is 0.921 bits per heavy atom. The molecule has 5 unspecified atom stereocenters. The number of aliphatic hydroxyl groups is 2. The molecule has 2 rings (SSSR count). The fourth-order valence-electron chi connectivity index (χ4n) is 4.96. The average molecular weight is 537 g/mol. The first-order valence-electron chi connectivity index (χ1n) is 13.8. The summed E-state index contributed by atoms with van der Waals surface area (Å²) in [6.45, 7) is 12.7. The molecule has 2 N–H and O–H groups in total. The molecule has 0 saturated carbocycles. The van der Waals surface area contributed by atoms with Crippen molar-refractivity contribution in [1.82, 2.24) is 0 Å². The summed E-state index contributed by atoms with van der Waals surface area (Å²) in [6, 6.07) is 0. The van der Waals surface area contributed by atoms with E-state index in [0.29, 0.717) is 0 Å². The van der Waals surface area contributed by atoms with Gasteiger partial charge in [-0.15, -0.1) is 0 Å². The van der Waals surface area contributed by atoms with Crippen molar-refractivity contribution in [2.45, 2.75) is 130 Å². The monoisotopic (exact) mass is 536 g/mol. The molecule has 0 aromatic rings. The van der Waals surface area contributed by atoms with Gasteiger partial charge in [0.15, 0.2) is 12.4 Å². The van der Waals surface area contributed by atoms with E-state index in [2.05, 4.69) is 39.0 Å². The van der Waals surface area contributed by atoms with Gasteiger partial charge < -0.3 is 29.2 Å². The minimum atomic E-state index is -1.42. The lowest BCUT2D eigenvalue weighted by atomic mass is 9.82. The number of ether oxygens (including phenoxy) is 4. The van der Waals surface area contributed by atoms with Crippen LogP contribution in [0.25, 0.3) is 0 Å². The topological polar surface area (TPSA) is 112 Å². The Balaban J connectivity index is 2.26. The number of allylic oxidation sites excluding steroid dienone is 6. The van der Waals surface area contributed by atoms with Gasteiger partial charge in [-0.05, 0) is 85.5 Å². The van der Waals surface area contributed by atoms with Crippen molar-refractivity contribution in [2.75, 3.05) is 6.61 Å². The third-order valence-corrected chi connectivity index (χ3v) is 7.50. The molecule has 0 spiro atoms. The number of carbonyl (C=O) groups is 2. The number of hydrogen-bond acceptors (Lipinski definition) is 8. The van der Waals surface area contributed by atoms with Gasteiger partial charge in [0, 0.05) is 13.8 Å². The third-order valence-electron chi connectivity index (χ3n) is 7.50. The van der Waals surface area contributed by atoms with E-state index in [-0.39, 0.29) is 12.5 Å². The molecule has 1 aliphatic heterocycles. The van der Waals surface area contributed by atoms with Crippen LogP contribution in [-0.4, -0.2) is 65.1 Å². The molecular formula is C30H48O8. The summed E-state index contributed by atoms with van der Waals surface area (Å²) in [5, 5.41) is 21.7. The molecule has 216 valence electrons. The zero-order valence-electron chi connectivity index (χ0n) is 24.2. The number of esters is 2. The molecule has 0 aromatic heterocycles. The normalized spacial score (nSPS) is 34.4. The molecule has 38 heavy (non-hydrogen) atoms. The van der Waals surface area contributed by atoms with Crippen molar-refractivity contribution in [2.24, 2.45) is 5.92 Å². The smallest absolute Gasteiger partial charge is 0.303 e. The van der Waals surface area contributed by atoms with Crippen LogP contribution < -0.4 is 0 Å². The second-order valence-electron chi connectivity index (χ2n) is 11.3. The van der Waals surface area contributed by atoms with Gasteiger partial charge in [0.05, 0.1) is 5.60 Å². The molecule has 2 aliphatic rings. The lowest BCUT2D eigenvalue weighted by molar-refractivity contribution is -0.329. The summed E-state index contributed by atoms with van der Waals surface area (Å²) in [5.41, 5.74) is 3.37. The highest BCUT2D eigenvalue weighted by atomic mass is 16.7. The number of hydrogen-bond donors (Lipinski definition) is 2. The first-order chi connectivity index (χ1) is 17.8. The van der Waals surface area contributed by atoms with Gasteiger partial charge in [-0.3, -0.25) is 9.59 Å². The maximum absolute atomic E-state index is 11.7. The summed E-state index contributed by atoms with van der Waals surface area (Å²) in [5.74, 6) is -1.09. The standard InChI is InChI=1S/C30H48O8/c1-19-10-8-12-20(2)14-16-24(17-15-21(3)13-9-11-19)30(6,7)38-29-27(34)28(36-23(5)32)26(33)25(37-29)18-35-22(4)31/h10,13-14,24-29,33-34H,8-9,11-12,15-18H2,1-7H3/b19-10+,20-14+,21-13+/t24-,25?,26?,27?,28?,29?/m1/s1. The van der Waals surface area contributed by atoms with Crippen LogP contribution >= 0.6 is 0 Å². The highest BCUT2D eigenvalue weighted by Crippen LogP contribution is 2.36. The quantitative estimate of drug-likeness (QED) is 0.363. The fraction of sp³-hybridized carbons (Fsp3) is 0.733. The van der Waals surface area contributed by atoms with Gasteiger partial charge in [0.1, 0.15) is 24.9 Å². The number of rotatable bonds is 6. The van der Waals surface area contributed by atoms with Crippen LogP contribution in [0.2, 0.25) is 0 Å². The van der Waals surface area contributed by atoms with Gasteiger partial charge in [-0.2, -0.15) is 0 Å². The van der Waals surface area contributed by atoms with Crippen molar-refractivity contribution in [1.29, 1.82) is 0 Å². The van der Waals surface area contributed by atoms with Crippen LogP contribution in [0.15, 0.2) is 34.9 Å². The van der Waals surface area contributed by atoms with Crippen molar-refractivity contribution >= 4 is 11.9 Å². The third kappa shape index (κ3) is 10.3. The van der Waals surface area contributed by atoms with E-state index in [1.165, 1.54) is 30.6 Å². The molecule has 0 amide bonds. The van der Waals surface area contributed by atoms with Gasteiger partial charge in [0.25, 0.3) is 0 Å². The molecule has 8 nitrogen and oxygen atoms in total. The Labute approximate surface area is 228 Å². The second-order valence-corrected chi connectivity index (χ2v) is 11.3. The highest BCUT2D eigenvalue weighted by Gasteiger charge is 2.49. The first-order valence-corrected chi connectivity index (χ1v) is 13.8. The van der Waals surface area contributed by atoms with Crippen molar-refractivity contribution in [3.8, 4) is 0 Å². The molecular weight excluding hydrogens is 488 g/mol. The van der Waals surface area contributed by atoms with Crippen molar-refractivity contribution in [3.63, 3.8) is 0 Å². The maximum Gasteiger partial charge on any atom is 0.303 e.